The maximum Gasteiger partial charge on any atom is 0.241 e. The third-order valence-electron chi connectivity index (χ3n) is 4.90. The molecule has 1 aromatic rings. The molecule has 1 aliphatic carbocycles. The molecular formula is C15H20ClNO3S. The molecule has 6 heteroatoms. The van der Waals surface area contributed by atoms with Gasteiger partial charge in [-0.2, -0.15) is 0 Å². The summed E-state index contributed by atoms with van der Waals surface area (Å²) in [6.45, 7) is 3.25. The first-order valence-electron chi connectivity index (χ1n) is 7.29. The lowest BCUT2D eigenvalue weighted by molar-refractivity contribution is -0.0483. The van der Waals surface area contributed by atoms with Crippen LogP contribution in [0.3, 0.4) is 0 Å². The molecule has 0 bridgehead atoms. The molecule has 0 amide bonds. The number of hydrogen-bond donors (Lipinski definition) is 1. The van der Waals surface area contributed by atoms with Gasteiger partial charge in [0.1, 0.15) is 0 Å². The standard InChI is InChI=1S/C15H20ClNO3S/c1-11-2-3-12(16)10-13(11)21(18,19)17-14-4-5-15(14)6-8-20-9-7-15/h2-3,10,14,17H,4-9H2,1H3. The first-order valence-corrected chi connectivity index (χ1v) is 9.15. The van der Waals surface area contributed by atoms with Crippen molar-refractivity contribution in [3.63, 3.8) is 0 Å². The molecule has 3 rings (SSSR count). The average Bonchev–Trinajstić information content (AvgIpc) is 2.47. The van der Waals surface area contributed by atoms with Crippen LogP contribution >= 0.6 is 11.6 Å². The van der Waals surface area contributed by atoms with Crippen LogP contribution < -0.4 is 4.72 Å². The molecule has 2 fully saturated rings. The van der Waals surface area contributed by atoms with E-state index in [1.54, 1.807) is 19.1 Å². The van der Waals surface area contributed by atoms with Crippen LogP contribution in [-0.2, 0) is 14.8 Å². The molecule has 2 aliphatic rings. The summed E-state index contributed by atoms with van der Waals surface area (Å²) in [6.07, 6.45) is 3.86. The second kappa shape index (κ2) is 5.54. The molecule has 4 nitrogen and oxygen atoms in total. The van der Waals surface area contributed by atoms with E-state index >= 15 is 0 Å². The number of ether oxygens (including phenoxy) is 1. The molecule has 1 unspecified atom stereocenters. The van der Waals surface area contributed by atoms with Crippen LogP contribution in [0.4, 0.5) is 0 Å². The lowest BCUT2D eigenvalue weighted by atomic mass is 9.60. The summed E-state index contributed by atoms with van der Waals surface area (Å²) in [5.74, 6) is 0. The number of halogens is 1. The highest BCUT2D eigenvalue weighted by Crippen LogP contribution is 2.49. The molecule has 0 aromatic heterocycles. The predicted molar refractivity (Wildman–Crippen MR) is 82.0 cm³/mol. The first kappa shape index (κ1) is 15.3. The van der Waals surface area contributed by atoms with Crippen molar-refractivity contribution in [2.75, 3.05) is 13.2 Å². The van der Waals surface area contributed by atoms with Gasteiger partial charge in [-0.25, -0.2) is 13.1 Å². The highest BCUT2D eigenvalue weighted by atomic mass is 35.5. The van der Waals surface area contributed by atoms with E-state index in [9.17, 15) is 8.42 Å². The number of hydrogen-bond acceptors (Lipinski definition) is 3. The van der Waals surface area contributed by atoms with Crippen molar-refractivity contribution < 1.29 is 13.2 Å². The van der Waals surface area contributed by atoms with Crippen molar-refractivity contribution in [2.45, 2.75) is 43.5 Å². The first-order chi connectivity index (χ1) is 9.93. The zero-order chi connectivity index (χ0) is 15.1. The summed E-state index contributed by atoms with van der Waals surface area (Å²) in [6, 6.07) is 4.99. The van der Waals surface area contributed by atoms with Gasteiger partial charge >= 0.3 is 0 Å². The van der Waals surface area contributed by atoms with E-state index in [1.807, 2.05) is 0 Å². The normalized spacial score (nSPS) is 24.8. The van der Waals surface area contributed by atoms with Crippen LogP contribution in [0, 0.1) is 12.3 Å². The van der Waals surface area contributed by atoms with Crippen molar-refractivity contribution in [2.24, 2.45) is 5.41 Å². The summed E-state index contributed by atoms with van der Waals surface area (Å²) < 4.78 is 33.6. The number of benzene rings is 1. The quantitative estimate of drug-likeness (QED) is 0.927. The second-order valence-corrected chi connectivity index (χ2v) is 8.22. The molecule has 1 saturated carbocycles. The summed E-state index contributed by atoms with van der Waals surface area (Å²) in [4.78, 5) is 0.282. The Balaban J connectivity index is 1.82. The number of nitrogens with one attached hydrogen (secondary N) is 1. The minimum atomic E-state index is -3.52. The molecular weight excluding hydrogens is 310 g/mol. The van der Waals surface area contributed by atoms with E-state index in [0.717, 1.165) is 38.9 Å². The molecule has 1 N–H and O–H groups in total. The SMILES string of the molecule is Cc1ccc(Cl)cc1S(=O)(=O)NC1CCC12CCOCC2. The molecule has 116 valence electrons. The van der Waals surface area contributed by atoms with Gasteiger partial charge in [-0.15, -0.1) is 0 Å². The minimum Gasteiger partial charge on any atom is -0.381 e. The third-order valence-corrected chi connectivity index (χ3v) is 6.74. The van der Waals surface area contributed by atoms with Crippen LogP contribution in [0.15, 0.2) is 23.1 Å². The fourth-order valence-corrected chi connectivity index (χ4v) is 5.25. The fraction of sp³-hybridized carbons (Fsp3) is 0.600. The lowest BCUT2D eigenvalue weighted by Crippen LogP contribution is -2.57. The summed E-state index contributed by atoms with van der Waals surface area (Å²) >= 11 is 5.94. The molecule has 21 heavy (non-hydrogen) atoms. The van der Waals surface area contributed by atoms with Crippen molar-refractivity contribution >= 4 is 21.6 Å². The monoisotopic (exact) mass is 329 g/mol. The molecule has 1 saturated heterocycles. The van der Waals surface area contributed by atoms with E-state index in [4.69, 9.17) is 16.3 Å². The van der Waals surface area contributed by atoms with Crippen molar-refractivity contribution in [1.29, 1.82) is 0 Å². The van der Waals surface area contributed by atoms with Crippen LogP contribution in [-0.4, -0.2) is 27.7 Å². The maximum absolute atomic E-state index is 12.6. The van der Waals surface area contributed by atoms with E-state index in [-0.39, 0.29) is 16.4 Å². The lowest BCUT2D eigenvalue weighted by Gasteiger charge is -2.51. The Morgan fingerprint density at radius 2 is 2.00 bits per heavy atom. The molecule has 1 spiro atoms. The number of sulfonamides is 1. The van der Waals surface area contributed by atoms with Crippen molar-refractivity contribution in [3.8, 4) is 0 Å². The Kier molecular flexibility index (Phi) is 4.03. The van der Waals surface area contributed by atoms with Crippen LogP contribution in [0.25, 0.3) is 0 Å². The van der Waals surface area contributed by atoms with E-state index in [0.29, 0.717) is 10.6 Å². The molecule has 1 aromatic carbocycles. The minimum absolute atomic E-state index is 0.0183. The summed E-state index contributed by atoms with van der Waals surface area (Å²) in [5.41, 5.74) is 0.810. The topological polar surface area (TPSA) is 55.4 Å². The largest absolute Gasteiger partial charge is 0.381 e. The van der Waals surface area contributed by atoms with Crippen LogP contribution in [0.5, 0.6) is 0 Å². The molecule has 0 radical (unpaired) electrons. The van der Waals surface area contributed by atoms with E-state index in [2.05, 4.69) is 4.72 Å². The third kappa shape index (κ3) is 2.84. The van der Waals surface area contributed by atoms with Gasteiger partial charge in [0.2, 0.25) is 10.0 Å². The highest BCUT2D eigenvalue weighted by Gasteiger charge is 2.48. The Labute approximate surface area is 130 Å². The van der Waals surface area contributed by atoms with Crippen LogP contribution in [0.1, 0.15) is 31.2 Å². The smallest absolute Gasteiger partial charge is 0.241 e. The van der Waals surface area contributed by atoms with Gasteiger partial charge < -0.3 is 4.74 Å². The van der Waals surface area contributed by atoms with E-state index in [1.165, 1.54) is 6.07 Å². The van der Waals surface area contributed by atoms with Gasteiger partial charge in [0.25, 0.3) is 0 Å². The van der Waals surface area contributed by atoms with Gasteiger partial charge in [0.15, 0.2) is 0 Å². The zero-order valence-electron chi connectivity index (χ0n) is 12.1. The van der Waals surface area contributed by atoms with Gasteiger partial charge in [0, 0.05) is 24.3 Å². The number of aryl methyl sites for hydroxylation is 1. The Bertz CT molecular complexity index is 638. The molecule has 1 heterocycles. The highest BCUT2D eigenvalue weighted by molar-refractivity contribution is 7.89. The second-order valence-electron chi connectivity index (χ2n) is 6.10. The van der Waals surface area contributed by atoms with Crippen LogP contribution in [0.2, 0.25) is 5.02 Å². The fourth-order valence-electron chi connectivity index (χ4n) is 3.37. The molecule has 1 aliphatic heterocycles. The Morgan fingerprint density at radius 3 is 2.62 bits per heavy atom. The molecule has 1 atom stereocenters. The maximum atomic E-state index is 12.6. The Hall–Kier alpha value is -0.620. The van der Waals surface area contributed by atoms with Crippen molar-refractivity contribution in [1.82, 2.24) is 4.72 Å². The van der Waals surface area contributed by atoms with Gasteiger partial charge in [-0.1, -0.05) is 17.7 Å². The predicted octanol–water partition coefficient (Wildman–Crippen LogP) is 2.89. The Morgan fingerprint density at radius 1 is 1.29 bits per heavy atom. The van der Waals surface area contributed by atoms with Gasteiger partial charge in [-0.05, 0) is 55.7 Å². The van der Waals surface area contributed by atoms with Gasteiger partial charge in [0.05, 0.1) is 4.90 Å². The van der Waals surface area contributed by atoms with Gasteiger partial charge in [-0.3, -0.25) is 0 Å². The summed E-state index contributed by atoms with van der Waals surface area (Å²) in [5, 5.41) is 0.440. The number of rotatable bonds is 3. The summed E-state index contributed by atoms with van der Waals surface area (Å²) in [7, 11) is -3.52. The van der Waals surface area contributed by atoms with Crippen molar-refractivity contribution in [3.05, 3.63) is 28.8 Å². The zero-order valence-corrected chi connectivity index (χ0v) is 13.6. The average molecular weight is 330 g/mol. The van der Waals surface area contributed by atoms with E-state index < -0.39 is 10.0 Å².